The first-order valence-corrected chi connectivity index (χ1v) is 5.31. The summed E-state index contributed by atoms with van der Waals surface area (Å²) in [7, 11) is 1.52. The molecule has 17 heavy (non-hydrogen) atoms. The molecule has 0 N–H and O–H groups in total. The summed E-state index contributed by atoms with van der Waals surface area (Å²) in [5, 5.41) is 11.1. The highest BCUT2D eigenvalue weighted by atomic mass is 16.5. The standard InChI is InChI=1S/C14H13O3/c1-16-14-9-12(15)7-8-13(14)17-10-11-5-3-2-4-6-11/h2-9H,10H2,1H3. The predicted molar refractivity (Wildman–Crippen MR) is 63.9 cm³/mol. The lowest BCUT2D eigenvalue weighted by Gasteiger charge is -2.10. The molecular weight excluding hydrogens is 216 g/mol. The quantitative estimate of drug-likeness (QED) is 0.805. The summed E-state index contributed by atoms with van der Waals surface area (Å²) >= 11 is 0. The first-order chi connectivity index (χ1) is 8.29. The second-order valence-corrected chi connectivity index (χ2v) is 3.59. The maximum absolute atomic E-state index is 11.1. The highest BCUT2D eigenvalue weighted by Crippen LogP contribution is 2.31. The summed E-state index contributed by atoms with van der Waals surface area (Å²) in [6, 6.07) is 14.3. The van der Waals surface area contributed by atoms with Crippen LogP contribution in [0.2, 0.25) is 0 Å². The Morgan fingerprint density at radius 1 is 1.00 bits per heavy atom. The number of hydrogen-bond acceptors (Lipinski definition) is 2. The molecule has 0 unspecified atom stereocenters. The minimum atomic E-state index is -0.0890. The van der Waals surface area contributed by atoms with Gasteiger partial charge >= 0.3 is 0 Å². The highest BCUT2D eigenvalue weighted by Gasteiger charge is 2.06. The molecule has 0 aliphatic rings. The fourth-order valence-electron chi connectivity index (χ4n) is 1.50. The second-order valence-electron chi connectivity index (χ2n) is 3.59. The maximum atomic E-state index is 11.1. The van der Waals surface area contributed by atoms with Crippen LogP contribution in [0.4, 0.5) is 0 Å². The highest BCUT2D eigenvalue weighted by molar-refractivity contribution is 5.44. The Bertz CT molecular complexity index is 480. The van der Waals surface area contributed by atoms with Crippen molar-refractivity contribution in [2.75, 3.05) is 7.11 Å². The first-order valence-electron chi connectivity index (χ1n) is 5.31. The van der Waals surface area contributed by atoms with Crippen LogP contribution < -0.4 is 9.47 Å². The van der Waals surface area contributed by atoms with Gasteiger partial charge in [-0.05, 0) is 17.7 Å². The maximum Gasteiger partial charge on any atom is 0.182 e. The molecule has 0 heterocycles. The van der Waals surface area contributed by atoms with Gasteiger partial charge in [-0.15, -0.1) is 0 Å². The summed E-state index contributed by atoms with van der Waals surface area (Å²) in [6.07, 6.45) is 0. The molecule has 1 radical (unpaired) electrons. The van der Waals surface area contributed by atoms with Gasteiger partial charge in [-0.2, -0.15) is 0 Å². The van der Waals surface area contributed by atoms with Crippen LogP contribution in [0.3, 0.4) is 0 Å². The lowest BCUT2D eigenvalue weighted by Crippen LogP contribution is -1.97. The zero-order chi connectivity index (χ0) is 12.1. The number of ether oxygens (including phenoxy) is 2. The number of hydrogen-bond donors (Lipinski definition) is 0. The lowest BCUT2D eigenvalue weighted by atomic mass is 10.2. The van der Waals surface area contributed by atoms with Crippen LogP contribution in [0.25, 0.3) is 0 Å². The summed E-state index contributed by atoms with van der Waals surface area (Å²) in [5.41, 5.74) is 1.07. The van der Waals surface area contributed by atoms with E-state index in [0.29, 0.717) is 18.1 Å². The van der Waals surface area contributed by atoms with Crippen molar-refractivity contribution in [2.45, 2.75) is 6.61 Å². The Kier molecular flexibility index (Phi) is 3.50. The van der Waals surface area contributed by atoms with Crippen LogP contribution in [0, 0.1) is 0 Å². The Morgan fingerprint density at radius 2 is 1.76 bits per heavy atom. The Morgan fingerprint density at radius 3 is 2.47 bits per heavy atom. The van der Waals surface area contributed by atoms with Crippen molar-refractivity contribution >= 4 is 0 Å². The van der Waals surface area contributed by atoms with Crippen LogP contribution >= 0.6 is 0 Å². The Balaban J connectivity index is 2.09. The molecule has 0 spiro atoms. The first kappa shape index (κ1) is 11.3. The van der Waals surface area contributed by atoms with Gasteiger partial charge in [-0.3, -0.25) is 5.11 Å². The summed E-state index contributed by atoms with van der Waals surface area (Å²) < 4.78 is 10.7. The molecule has 2 rings (SSSR count). The van der Waals surface area contributed by atoms with Crippen molar-refractivity contribution in [2.24, 2.45) is 0 Å². The van der Waals surface area contributed by atoms with Crippen LogP contribution in [-0.4, -0.2) is 7.11 Å². The molecule has 3 heteroatoms. The van der Waals surface area contributed by atoms with Gasteiger partial charge < -0.3 is 9.47 Å². The molecule has 3 nitrogen and oxygen atoms in total. The van der Waals surface area contributed by atoms with E-state index in [1.165, 1.54) is 19.2 Å². The zero-order valence-electron chi connectivity index (χ0n) is 9.55. The molecule has 0 amide bonds. The van der Waals surface area contributed by atoms with Crippen molar-refractivity contribution in [3.8, 4) is 17.2 Å². The molecule has 0 saturated heterocycles. The van der Waals surface area contributed by atoms with E-state index in [9.17, 15) is 5.11 Å². The zero-order valence-corrected chi connectivity index (χ0v) is 9.55. The van der Waals surface area contributed by atoms with Crippen LogP contribution in [0.15, 0.2) is 48.5 Å². The fraction of sp³-hybridized carbons (Fsp3) is 0.143. The van der Waals surface area contributed by atoms with E-state index in [0.717, 1.165) is 5.56 Å². The van der Waals surface area contributed by atoms with E-state index >= 15 is 0 Å². The van der Waals surface area contributed by atoms with E-state index in [4.69, 9.17) is 9.47 Å². The van der Waals surface area contributed by atoms with Gasteiger partial charge in [0.05, 0.1) is 7.11 Å². The van der Waals surface area contributed by atoms with Gasteiger partial charge in [0.15, 0.2) is 17.2 Å². The van der Waals surface area contributed by atoms with Crippen molar-refractivity contribution in [3.05, 3.63) is 54.1 Å². The van der Waals surface area contributed by atoms with E-state index in [2.05, 4.69) is 0 Å². The summed E-state index contributed by atoms with van der Waals surface area (Å²) in [6.45, 7) is 0.454. The van der Waals surface area contributed by atoms with E-state index < -0.39 is 0 Å². The largest absolute Gasteiger partial charge is 0.493 e. The van der Waals surface area contributed by atoms with E-state index in [1.807, 2.05) is 30.3 Å². The third-order valence-corrected chi connectivity index (χ3v) is 2.37. The molecule has 2 aromatic carbocycles. The number of methoxy groups -OCH3 is 1. The van der Waals surface area contributed by atoms with Crippen LogP contribution in [-0.2, 0) is 11.7 Å². The Hall–Kier alpha value is -2.16. The van der Waals surface area contributed by atoms with Crippen molar-refractivity contribution in [1.82, 2.24) is 0 Å². The van der Waals surface area contributed by atoms with Crippen LogP contribution in [0.5, 0.6) is 17.2 Å². The van der Waals surface area contributed by atoms with Gasteiger partial charge in [0.25, 0.3) is 0 Å². The van der Waals surface area contributed by atoms with Gasteiger partial charge in [0.2, 0.25) is 0 Å². The molecule has 0 aliphatic carbocycles. The molecule has 0 atom stereocenters. The summed E-state index contributed by atoms with van der Waals surface area (Å²) in [4.78, 5) is 0. The van der Waals surface area contributed by atoms with Crippen molar-refractivity contribution in [3.63, 3.8) is 0 Å². The van der Waals surface area contributed by atoms with Crippen LogP contribution in [0.1, 0.15) is 5.56 Å². The molecule has 0 aromatic heterocycles. The third-order valence-electron chi connectivity index (χ3n) is 2.37. The van der Waals surface area contributed by atoms with Gasteiger partial charge in [-0.1, -0.05) is 30.3 Å². The SMILES string of the molecule is COc1cc([O])ccc1OCc1ccccc1. The van der Waals surface area contributed by atoms with Gasteiger partial charge in [0.1, 0.15) is 6.61 Å². The minimum absolute atomic E-state index is 0.0890. The minimum Gasteiger partial charge on any atom is -0.493 e. The molecule has 0 aliphatic heterocycles. The fourth-order valence-corrected chi connectivity index (χ4v) is 1.50. The molecular formula is C14H13O3. The van der Waals surface area contributed by atoms with Crippen molar-refractivity contribution in [1.29, 1.82) is 0 Å². The van der Waals surface area contributed by atoms with Crippen molar-refractivity contribution < 1.29 is 14.6 Å². The molecule has 2 aromatic rings. The van der Waals surface area contributed by atoms with E-state index in [1.54, 1.807) is 6.07 Å². The molecule has 87 valence electrons. The lowest BCUT2D eigenvalue weighted by molar-refractivity contribution is 0.281. The smallest absolute Gasteiger partial charge is 0.182 e. The molecule has 0 saturated carbocycles. The number of benzene rings is 2. The summed E-state index contributed by atoms with van der Waals surface area (Å²) in [5.74, 6) is 0.957. The molecule has 0 bridgehead atoms. The monoisotopic (exact) mass is 229 g/mol. The second kappa shape index (κ2) is 5.25. The normalized spacial score (nSPS) is 9.94. The van der Waals surface area contributed by atoms with E-state index in [-0.39, 0.29) is 5.75 Å². The number of rotatable bonds is 4. The Labute approximate surface area is 100 Å². The third kappa shape index (κ3) is 2.91. The average Bonchev–Trinajstić information content (AvgIpc) is 2.38. The molecule has 0 fully saturated rings. The topological polar surface area (TPSA) is 38.4 Å². The van der Waals surface area contributed by atoms with Gasteiger partial charge in [0, 0.05) is 6.07 Å². The predicted octanol–water partition coefficient (Wildman–Crippen LogP) is 3.42. The average molecular weight is 229 g/mol. The van der Waals surface area contributed by atoms with Gasteiger partial charge in [-0.25, -0.2) is 0 Å².